The van der Waals surface area contributed by atoms with Gasteiger partial charge in [-0.05, 0) is 30.3 Å². The smallest absolute Gasteiger partial charge is 0.270 e. The predicted octanol–water partition coefficient (Wildman–Crippen LogP) is 4.81. The first-order valence-electron chi connectivity index (χ1n) is 8.93. The van der Waals surface area contributed by atoms with E-state index in [1.165, 1.54) is 18.2 Å². The van der Waals surface area contributed by atoms with Gasteiger partial charge in [0, 0.05) is 23.4 Å². The SMILES string of the molecule is N#CC1=C(S)N(c2ccccc2)[C@H](c2ccc(-c3ccc([N+](=O)[O-])cc3Cl)o2)NC1=O. The maximum Gasteiger partial charge on any atom is 0.270 e. The van der Waals surface area contributed by atoms with E-state index in [9.17, 15) is 20.2 Å². The number of para-hydroxylation sites is 1. The summed E-state index contributed by atoms with van der Waals surface area (Å²) in [7, 11) is 0. The first-order chi connectivity index (χ1) is 14.9. The average Bonchev–Trinajstić information content (AvgIpc) is 3.24. The number of anilines is 1. The van der Waals surface area contributed by atoms with Gasteiger partial charge in [-0.15, -0.1) is 12.6 Å². The van der Waals surface area contributed by atoms with E-state index in [1.807, 2.05) is 36.4 Å². The second kappa shape index (κ2) is 8.18. The summed E-state index contributed by atoms with van der Waals surface area (Å²) >= 11 is 10.6. The Kier molecular flexibility index (Phi) is 5.42. The largest absolute Gasteiger partial charge is 0.457 e. The van der Waals surface area contributed by atoms with Crippen molar-refractivity contribution < 1.29 is 14.1 Å². The maximum absolute atomic E-state index is 12.4. The lowest BCUT2D eigenvalue weighted by atomic mass is 10.1. The maximum atomic E-state index is 12.4. The van der Waals surface area contributed by atoms with Crippen molar-refractivity contribution in [2.75, 3.05) is 4.90 Å². The Morgan fingerprint density at radius 3 is 2.58 bits per heavy atom. The van der Waals surface area contributed by atoms with Crippen molar-refractivity contribution in [1.82, 2.24) is 5.32 Å². The Morgan fingerprint density at radius 1 is 1.19 bits per heavy atom. The molecule has 2 heterocycles. The third-order valence-corrected chi connectivity index (χ3v) is 5.43. The number of rotatable bonds is 4. The number of nitro groups is 1. The summed E-state index contributed by atoms with van der Waals surface area (Å²) in [5.41, 5.74) is 0.903. The number of thiol groups is 1. The van der Waals surface area contributed by atoms with Crippen molar-refractivity contribution in [3.8, 4) is 17.4 Å². The topological polar surface area (TPSA) is 112 Å². The second-order valence-corrected chi connectivity index (χ2v) is 7.35. The Labute approximate surface area is 186 Å². The molecule has 0 saturated carbocycles. The molecule has 8 nitrogen and oxygen atoms in total. The summed E-state index contributed by atoms with van der Waals surface area (Å²) in [4.78, 5) is 24.5. The molecule has 0 bridgehead atoms. The van der Waals surface area contributed by atoms with Crippen LogP contribution in [0.2, 0.25) is 5.02 Å². The van der Waals surface area contributed by atoms with Crippen LogP contribution in [-0.4, -0.2) is 10.8 Å². The van der Waals surface area contributed by atoms with E-state index in [1.54, 1.807) is 17.0 Å². The lowest BCUT2D eigenvalue weighted by Crippen LogP contribution is -2.45. The van der Waals surface area contributed by atoms with E-state index in [0.29, 0.717) is 22.8 Å². The number of hydrogen-bond acceptors (Lipinski definition) is 7. The Balaban J connectivity index is 1.77. The van der Waals surface area contributed by atoms with Gasteiger partial charge in [-0.2, -0.15) is 5.26 Å². The minimum Gasteiger partial charge on any atom is -0.457 e. The van der Waals surface area contributed by atoms with E-state index < -0.39 is 17.0 Å². The molecule has 1 amide bonds. The van der Waals surface area contributed by atoms with Crippen LogP contribution in [0.4, 0.5) is 11.4 Å². The molecule has 10 heteroatoms. The molecule has 2 aromatic carbocycles. The highest BCUT2D eigenvalue weighted by Gasteiger charge is 2.35. The Morgan fingerprint density at radius 2 is 1.94 bits per heavy atom. The molecule has 1 atom stereocenters. The van der Waals surface area contributed by atoms with Crippen LogP contribution in [0.3, 0.4) is 0 Å². The van der Waals surface area contributed by atoms with Gasteiger partial charge in [0.15, 0.2) is 6.17 Å². The zero-order chi connectivity index (χ0) is 22.1. The number of nitrogens with one attached hydrogen (secondary N) is 1. The minimum atomic E-state index is -0.773. The third kappa shape index (κ3) is 3.74. The molecule has 0 aliphatic carbocycles. The molecule has 1 aromatic heterocycles. The van der Waals surface area contributed by atoms with Crippen molar-refractivity contribution in [2.24, 2.45) is 0 Å². The molecule has 31 heavy (non-hydrogen) atoms. The van der Waals surface area contributed by atoms with Crippen LogP contribution in [0.1, 0.15) is 11.9 Å². The highest BCUT2D eigenvalue weighted by Crippen LogP contribution is 2.38. The molecule has 0 unspecified atom stereocenters. The number of nitriles is 1. The van der Waals surface area contributed by atoms with Crippen molar-refractivity contribution >= 4 is 41.5 Å². The Hall–Kier alpha value is -3.74. The summed E-state index contributed by atoms with van der Waals surface area (Å²) in [6.45, 7) is 0. The number of nitrogens with zero attached hydrogens (tertiary/aromatic N) is 3. The molecular weight excluding hydrogens is 440 g/mol. The van der Waals surface area contributed by atoms with E-state index in [4.69, 9.17) is 16.0 Å². The molecule has 3 aromatic rings. The molecule has 1 N–H and O–H groups in total. The van der Waals surface area contributed by atoms with Crippen molar-refractivity contribution in [3.63, 3.8) is 0 Å². The standard InChI is InChI=1S/C21H13ClN4O4S/c22-16-10-13(26(28)29)6-7-14(16)17-8-9-18(30-17)19-24-20(27)15(11-23)21(31)25(19)12-4-2-1-3-5-12/h1-10,19,31H,(H,24,27)/t19-/m1/s1. The molecule has 4 rings (SSSR count). The van der Waals surface area contributed by atoms with E-state index in [-0.39, 0.29) is 21.3 Å². The zero-order valence-corrected chi connectivity index (χ0v) is 17.3. The first-order valence-corrected chi connectivity index (χ1v) is 9.75. The molecule has 154 valence electrons. The number of furan rings is 1. The van der Waals surface area contributed by atoms with Crippen LogP contribution >= 0.6 is 24.2 Å². The normalized spacial score (nSPS) is 16.1. The van der Waals surface area contributed by atoms with E-state index in [0.717, 1.165) is 0 Å². The average molecular weight is 453 g/mol. The molecule has 1 aliphatic heterocycles. The van der Waals surface area contributed by atoms with Gasteiger partial charge in [-0.3, -0.25) is 14.9 Å². The van der Waals surface area contributed by atoms with Crippen LogP contribution in [0.15, 0.2) is 75.7 Å². The number of halogens is 1. The summed E-state index contributed by atoms with van der Waals surface area (Å²) in [6.07, 6.45) is -0.773. The predicted molar refractivity (Wildman–Crippen MR) is 117 cm³/mol. The zero-order valence-electron chi connectivity index (χ0n) is 15.7. The van der Waals surface area contributed by atoms with E-state index in [2.05, 4.69) is 17.9 Å². The third-order valence-electron chi connectivity index (χ3n) is 4.68. The molecule has 0 fully saturated rings. The Bertz CT molecular complexity index is 1270. The second-order valence-electron chi connectivity index (χ2n) is 6.52. The highest BCUT2D eigenvalue weighted by molar-refractivity contribution is 7.84. The fourth-order valence-electron chi connectivity index (χ4n) is 3.23. The first kappa shape index (κ1) is 20.5. The summed E-state index contributed by atoms with van der Waals surface area (Å²) in [5, 5.41) is 23.4. The number of carbonyl (C=O) groups is 1. The lowest BCUT2D eigenvalue weighted by Gasteiger charge is -2.36. The van der Waals surface area contributed by atoms with Gasteiger partial charge in [0.05, 0.1) is 15.0 Å². The van der Waals surface area contributed by atoms with Gasteiger partial charge in [-0.25, -0.2) is 0 Å². The van der Waals surface area contributed by atoms with Gasteiger partial charge in [0.25, 0.3) is 11.6 Å². The quantitative estimate of drug-likeness (QED) is 0.334. The van der Waals surface area contributed by atoms with Crippen molar-refractivity contribution in [3.05, 3.63) is 92.2 Å². The summed E-state index contributed by atoms with van der Waals surface area (Å²) < 4.78 is 5.96. The molecule has 0 spiro atoms. The molecule has 0 radical (unpaired) electrons. The van der Waals surface area contributed by atoms with Crippen LogP contribution in [0, 0.1) is 21.4 Å². The monoisotopic (exact) mass is 452 g/mol. The number of non-ortho nitro benzene ring substituents is 1. The number of nitro benzene ring substituents is 1. The summed E-state index contributed by atoms with van der Waals surface area (Å²) in [5.74, 6) is 0.161. The number of carbonyl (C=O) groups excluding carboxylic acids is 1. The van der Waals surface area contributed by atoms with Crippen LogP contribution < -0.4 is 10.2 Å². The minimum absolute atomic E-state index is 0.117. The van der Waals surface area contributed by atoms with Crippen LogP contribution in [0.25, 0.3) is 11.3 Å². The van der Waals surface area contributed by atoms with Gasteiger partial charge < -0.3 is 14.6 Å². The van der Waals surface area contributed by atoms with Crippen molar-refractivity contribution in [1.29, 1.82) is 5.26 Å². The fourth-order valence-corrected chi connectivity index (χ4v) is 3.88. The molecular formula is C21H13ClN4O4S. The molecule has 1 aliphatic rings. The number of amides is 1. The van der Waals surface area contributed by atoms with Gasteiger partial charge in [0.2, 0.25) is 0 Å². The van der Waals surface area contributed by atoms with Gasteiger partial charge in [-0.1, -0.05) is 29.8 Å². The highest BCUT2D eigenvalue weighted by atomic mass is 35.5. The lowest BCUT2D eigenvalue weighted by molar-refractivity contribution is -0.384. The fraction of sp³-hybridized carbons (Fsp3) is 0.0476. The number of benzene rings is 2. The van der Waals surface area contributed by atoms with Crippen LogP contribution in [-0.2, 0) is 4.79 Å². The van der Waals surface area contributed by atoms with Gasteiger partial charge in [0.1, 0.15) is 23.2 Å². The van der Waals surface area contributed by atoms with E-state index >= 15 is 0 Å². The van der Waals surface area contributed by atoms with Crippen LogP contribution in [0.5, 0.6) is 0 Å². The van der Waals surface area contributed by atoms with Gasteiger partial charge >= 0.3 is 0 Å². The summed E-state index contributed by atoms with van der Waals surface area (Å²) in [6, 6.07) is 18.4. The molecule has 0 saturated heterocycles. The van der Waals surface area contributed by atoms with Crippen molar-refractivity contribution in [2.45, 2.75) is 6.17 Å². The number of hydrogen-bond donors (Lipinski definition) is 2.